The monoisotopic (exact) mass is 357 g/mol. The Morgan fingerprint density at radius 1 is 1.28 bits per heavy atom. The summed E-state index contributed by atoms with van der Waals surface area (Å²) in [5.74, 6) is 0.232. The highest BCUT2D eigenvalue weighted by molar-refractivity contribution is 7.12. The van der Waals surface area contributed by atoms with E-state index >= 15 is 0 Å². The zero-order chi connectivity index (χ0) is 17.8. The molecule has 5 nitrogen and oxygen atoms in total. The second kappa shape index (κ2) is 7.80. The highest BCUT2D eigenvalue weighted by Gasteiger charge is 2.33. The van der Waals surface area contributed by atoms with Crippen LogP contribution in [0, 0.1) is 0 Å². The van der Waals surface area contributed by atoms with Gasteiger partial charge in [-0.1, -0.05) is 32.0 Å². The van der Waals surface area contributed by atoms with Crippen molar-refractivity contribution in [3.05, 3.63) is 52.2 Å². The van der Waals surface area contributed by atoms with Gasteiger partial charge < -0.3 is 5.11 Å². The van der Waals surface area contributed by atoms with Crippen LogP contribution < -0.4 is 0 Å². The molecule has 1 aromatic heterocycles. The molecule has 1 atom stereocenters. The number of hydrogen-bond acceptors (Lipinski definition) is 5. The van der Waals surface area contributed by atoms with E-state index in [1.165, 1.54) is 0 Å². The number of carbonyl (C=O) groups is 1. The van der Waals surface area contributed by atoms with Gasteiger partial charge in [-0.25, -0.2) is 5.01 Å². The van der Waals surface area contributed by atoms with E-state index in [9.17, 15) is 9.90 Å². The zero-order valence-electron chi connectivity index (χ0n) is 14.6. The number of phenols is 1. The molecular formula is C19H23N3O2S. The van der Waals surface area contributed by atoms with Gasteiger partial charge in [0.2, 0.25) is 0 Å². The average molecular weight is 357 g/mol. The van der Waals surface area contributed by atoms with E-state index in [-0.39, 0.29) is 17.7 Å². The lowest BCUT2D eigenvalue weighted by Crippen LogP contribution is -2.38. The first kappa shape index (κ1) is 17.6. The van der Waals surface area contributed by atoms with Crippen molar-refractivity contribution in [1.29, 1.82) is 0 Å². The summed E-state index contributed by atoms with van der Waals surface area (Å²) in [6.45, 7) is 6.14. The topological polar surface area (TPSA) is 56.1 Å². The van der Waals surface area contributed by atoms with Crippen LogP contribution in [-0.4, -0.2) is 46.3 Å². The summed E-state index contributed by atoms with van der Waals surface area (Å²) in [4.78, 5) is 16.1. The summed E-state index contributed by atoms with van der Waals surface area (Å²) in [6, 6.07) is 11.0. The van der Waals surface area contributed by atoms with Crippen molar-refractivity contribution in [3.8, 4) is 5.75 Å². The van der Waals surface area contributed by atoms with Crippen LogP contribution in [0.5, 0.6) is 5.75 Å². The summed E-state index contributed by atoms with van der Waals surface area (Å²) in [7, 11) is 0. The second-order valence-corrected chi connectivity index (χ2v) is 6.98. The highest BCUT2D eigenvalue weighted by Crippen LogP contribution is 2.34. The molecule has 6 heteroatoms. The van der Waals surface area contributed by atoms with E-state index in [1.54, 1.807) is 28.5 Å². The van der Waals surface area contributed by atoms with Crippen molar-refractivity contribution in [2.45, 2.75) is 26.3 Å². The summed E-state index contributed by atoms with van der Waals surface area (Å²) in [5.41, 5.74) is 1.93. The van der Waals surface area contributed by atoms with Crippen LogP contribution in [0.2, 0.25) is 0 Å². The fourth-order valence-electron chi connectivity index (χ4n) is 3.00. The third-order valence-electron chi connectivity index (χ3n) is 4.50. The molecule has 0 aliphatic carbocycles. The Kier molecular flexibility index (Phi) is 5.50. The molecule has 2 aromatic rings. The van der Waals surface area contributed by atoms with Gasteiger partial charge in [0.05, 0.1) is 23.2 Å². The maximum absolute atomic E-state index is 12.9. The lowest BCUT2D eigenvalue weighted by molar-refractivity contribution is -0.134. The number of nitrogens with zero attached hydrogens (tertiary/aromatic N) is 3. The third kappa shape index (κ3) is 3.91. The van der Waals surface area contributed by atoms with Crippen LogP contribution in [0.15, 0.2) is 46.9 Å². The molecule has 132 valence electrons. The minimum absolute atomic E-state index is 0.00771. The van der Waals surface area contributed by atoms with Gasteiger partial charge in [0.1, 0.15) is 5.75 Å². The van der Waals surface area contributed by atoms with E-state index in [0.717, 1.165) is 29.2 Å². The number of hydrogen-bond donors (Lipinski definition) is 1. The number of amides is 1. The molecule has 25 heavy (non-hydrogen) atoms. The van der Waals surface area contributed by atoms with Crippen molar-refractivity contribution in [3.63, 3.8) is 0 Å². The van der Waals surface area contributed by atoms with Gasteiger partial charge in [-0.05, 0) is 42.2 Å². The number of aromatic hydroxyl groups is 1. The molecule has 1 amide bonds. The highest BCUT2D eigenvalue weighted by atomic mass is 32.1. The summed E-state index contributed by atoms with van der Waals surface area (Å²) in [6.07, 6.45) is 0.690. The number of likely N-dealkylation sites (N-methyl/N-ethyl adjacent to an activating group) is 1. The predicted molar refractivity (Wildman–Crippen MR) is 101 cm³/mol. The molecule has 0 fully saturated rings. The van der Waals surface area contributed by atoms with Gasteiger partial charge in [0, 0.05) is 6.42 Å². The summed E-state index contributed by atoms with van der Waals surface area (Å²) < 4.78 is 0. The Hall–Kier alpha value is -2.18. The van der Waals surface area contributed by atoms with E-state index in [4.69, 9.17) is 0 Å². The third-order valence-corrected chi connectivity index (χ3v) is 5.42. The minimum Gasteiger partial charge on any atom is -0.508 e. The van der Waals surface area contributed by atoms with Gasteiger partial charge in [-0.2, -0.15) is 5.10 Å². The molecule has 1 unspecified atom stereocenters. The minimum atomic E-state index is -0.124. The second-order valence-electron chi connectivity index (χ2n) is 6.04. The van der Waals surface area contributed by atoms with Crippen LogP contribution in [-0.2, 0) is 4.79 Å². The molecule has 0 saturated heterocycles. The number of benzene rings is 1. The molecule has 0 radical (unpaired) electrons. The normalized spacial score (nSPS) is 17.2. The van der Waals surface area contributed by atoms with Crippen molar-refractivity contribution >= 4 is 23.0 Å². The van der Waals surface area contributed by atoms with E-state index < -0.39 is 0 Å². The summed E-state index contributed by atoms with van der Waals surface area (Å²) in [5, 5.41) is 17.8. The van der Waals surface area contributed by atoms with Crippen molar-refractivity contribution in [1.82, 2.24) is 9.91 Å². The first-order valence-corrected chi connectivity index (χ1v) is 9.45. The molecule has 3 rings (SSSR count). The number of phenolic OH excluding ortho intramolecular Hbond substituents is 1. The van der Waals surface area contributed by atoms with Gasteiger partial charge >= 0.3 is 0 Å². The Bertz CT molecular complexity index is 737. The van der Waals surface area contributed by atoms with Crippen LogP contribution in [0.3, 0.4) is 0 Å². The quantitative estimate of drug-likeness (QED) is 0.861. The van der Waals surface area contributed by atoms with Crippen molar-refractivity contribution in [2.75, 3.05) is 19.6 Å². The Morgan fingerprint density at radius 3 is 2.60 bits per heavy atom. The molecule has 1 aliphatic rings. The van der Waals surface area contributed by atoms with Crippen LogP contribution >= 0.6 is 11.3 Å². The van der Waals surface area contributed by atoms with E-state index in [2.05, 4.69) is 23.8 Å². The molecule has 1 N–H and O–H groups in total. The molecule has 0 bridgehead atoms. The van der Waals surface area contributed by atoms with Crippen molar-refractivity contribution < 1.29 is 9.90 Å². The van der Waals surface area contributed by atoms with E-state index in [1.807, 2.05) is 29.6 Å². The first-order chi connectivity index (χ1) is 12.1. The van der Waals surface area contributed by atoms with Crippen LogP contribution in [0.25, 0.3) is 0 Å². The smallest absolute Gasteiger partial charge is 0.257 e. The molecular weight excluding hydrogens is 334 g/mol. The van der Waals surface area contributed by atoms with E-state index in [0.29, 0.717) is 13.0 Å². The fraction of sp³-hybridized carbons (Fsp3) is 0.368. The first-order valence-electron chi connectivity index (χ1n) is 8.57. The predicted octanol–water partition coefficient (Wildman–Crippen LogP) is 3.47. The molecule has 1 aromatic carbocycles. The summed E-state index contributed by atoms with van der Waals surface area (Å²) >= 11 is 1.64. The maximum atomic E-state index is 12.9. The van der Waals surface area contributed by atoms with Crippen molar-refractivity contribution in [2.24, 2.45) is 5.10 Å². The lowest BCUT2D eigenvalue weighted by atomic mass is 10.0. The van der Waals surface area contributed by atoms with Crippen LogP contribution in [0.4, 0.5) is 0 Å². The molecule has 0 spiro atoms. The Labute approximate surface area is 152 Å². The SMILES string of the molecule is CCN(CC)CC(=O)N1N=C(c2cccs2)CC1c1ccc(O)cc1. The maximum Gasteiger partial charge on any atom is 0.257 e. The fourth-order valence-corrected chi connectivity index (χ4v) is 3.72. The Morgan fingerprint density at radius 2 is 2.00 bits per heavy atom. The standard InChI is InChI=1S/C19H23N3O2S/c1-3-21(4-2)13-19(24)22-17(14-7-9-15(23)10-8-14)12-16(20-22)18-6-5-11-25-18/h5-11,17,23H,3-4,12-13H2,1-2H3. The largest absolute Gasteiger partial charge is 0.508 e. The van der Waals surface area contributed by atoms with Crippen LogP contribution in [0.1, 0.15) is 36.8 Å². The average Bonchev–Trinajstić information content (AvgIpc) is 3.29. The Balaban J connectivity index is 1.87. The molecule has 1 aliphatic heterocycles. The number of thiophene rings is 1. The van der Waals surface area contributed by atoms with Gasteiger partial charge in [-0.3, -0.25) is 9.69 Å². The molecule has 2 heterocycles. The molecule has 0 saturated carbocycles. The number of rotatable bonds is 6. The van der Waals surface area contributed by atoms with Gasteiger partial charge in [-0.15, -0.1) is 11.3 Å². The number of hydrazone groups is 1. The number of carbonyl (C=O) groups excluding carboxylic acids is 1. The van der Waals surface area contributed by atoms with Gasteiger partial charge in [0.15, 0.2) is 0 Å². The zero-order valence-corrected chi connectivity index (χ0v) is 15.4. The van der Waals surface area contributed by atoms with Gasteiger partial charge in [0.25, 0.3) is 5.91 Å². The lowest BCUT2D eigenvalue weighted by Gasteiger charge is -2.25.